The normalized spacial score (nSPS) is 27.0. The number of aromatic nitrogens is 2. The van der Waals surface area contributed by atoms with Crippen LogP contribution in [0.25, 0.3) is 0 Å². The lowest BCUT2D eigenvalue weighted by Crippen LogP contribution is -2.46. The van der Waals surface area contributed by atoms with E-state index in [0.717, 1.165) is 32.1 Å². The smallest absolute Gasteiger partial charge is 0.258 e. The number of aliphatic hydroxyl groups is 1. The summed E-state index contributed by atoms with van der Waals surface area (Å²) >= 11 is 0. The Morgan fingerprint density at radius 2 is 1.83 bits per heavy atom. The van der Waals surface area contributed by atoms with Crippen LogP contribution in [0.1, 0.15) is 77.6 Å². The Hall–Kier alpha value is -1.93. The molecule has 0 radical (unpaired) electrons. The molecule has 2 aliphatic rings. The Morgan fingerprint density at radius 3 is 2.50 bits per heavy atom. The van der Waals surface area contributed by atoms with E-state index in [-0.39, 0.29) is 51.0 Å². The van der Waals surface area contributed by atoms with Gasteiger partial charge in [-0.1, -0.05) is 27.7 Å². The zero-order chi connectivity index (χ0) is 20.1. The molecule has 2 fully saturated rings. The van der Waals surface area contributed by atoms with Gasteiger partial charge in [-0.2, -0.15) is 4.98 Å². The fraction of sp³-hybridized carbons (Fsp3) is 0.773. The zero-order valence-electron chi connectivity index (χ0n) is 17.1. The summed E-state index contributed by atoms with van der Waals surface area (Å²) in [5.41, 5.74) is 0.336. The number of hydrogen-bond acceptors (Lipinski definition) is 7. The maximum atomic E-state index is 12.8. The predicted octanol–water partition coefficient (Wildman–Crippen LogP) is 3.18. The minimum Gasteiger partial charge on any atom is -0.480 e. The lowest BCUT2D eigenvalue weighted by atomic mass is 9.95. The molecule has 8 nitrogen and oxygen atoms in total. The summed E-state index contributed by atoms with van der Waals surface area (Å²) in [6.07, 6.45) is 6.71. The number of nitrogens with one attached hydrogen (secondary N) is 1. The zero-order valence-corrected chi connectivity index (χ0v) is 17.1. The van der Waals surface area contributed by atoms with Gasteiger partial charge in [0.2, 0.25) is 11.8 Å². The maximum absolute atomic E-state index is 12.8. The highest BCUT2D eigenvalue weighted by atomic mass is 16.5. The summed E-state index contributed by atoms with van der Waals surface area (Å²) in [5.74, 6) is 0.594. The summed E-state index contributed by atoms with van der Waals surface area (Å²) in [4.78, 5) is 23.7. The van der Waals surface area contributed by atoms with Gasteiger partial charge in [0.25, 0.3) is 5.91 Å². The van der Waals surface area contributed by atoms with E-state index in [1.165, 1.54) is 7.11 Å². The average Bonchev–Trinajstić information content (AvgIpc) is 2.66. The average molecular weight is 425 g/mol. The van der Waals surface area contributed by atoms with Crippen molar-refractivity contribution >= 4 is 11.9 Å². The fourth-order valence-electron chi connectivity index (χ4n) is 4.02. The molecule has 4 atom stereocenters. The van der Waals surface area contributed by atoms with Crippen LogP contribution in [0.15, 0.2) is 6.20 Å². The number of rotatable bonds is 4. The molecule has 1 aliphatic heterocycles. The number of morpholine rings is 1. The molecule has 1 aliphatic carbocycles. The molecule has 3 rings (SSSR count). The van der Waals surface area contributed by atoms with Crippen molar-refractivity contribution in [3.8, 4) is 5.88 Å². The van der Waals surface area contributed by atoms with Crippen molar-refractivity contribution in [2.75, 3.05) is 25.1 Å². The van der Waals surface area contributed by atoms with Crippen LogP contribution in [-0.2, 0) is 4.74 Å². The minimum absolute atomic E-state index is 0. The van der Waals surface area contributed by atoms with E-state index in [9.17, 15) is 9.90 Å². The van der Waals surface area contributed by atoms with Crippen LogP contribution in [-0.4, -0.2) is 65.5 Å². The number of nitrogens with zero attached hydrogens (tertiary/aromatic N) is 3. The third-order valence-electron chi connectivity index (χ3n) is 5.41. The second-order valence-corrected chi connectivity index (χ2v) is 7.94. The van der Waals surface area contributed by atoms with Gasteiger partial charge in [0, 0.05) is 25.3 Å². The molecule has 8 heteroatoms. The summed E-state index contributed by atoms with van der Waals surface area (Å²) in [6.45, 7) is 5.44. The van der Waals surface area contributed by atoms with Gasteiger partial charge in [-0.05, 0) is 39.5 Å². The topological polar surface area (TPSA) is 96.8 Å². The first-order valence-corrected chi connectivity index (χ1v) is 10.3. The maximum Gasteiger partial charge on any atom is 0.258 e. The van der Waals surface area contributed by atoms with Gasteiger partial charge in [-0.15, -0.1) is 0 Å². The first-order chi connectivity index (χ1) is 13.5. The molecule has 0 spiro atoms. The molecule has 1 saturated heterocycles. The van der Waals surface area contributed by atoms with E-state index in [2.05, 4.69) is 20.2 Å². The van der Waals surface area contributed by atoms with Gasteiger partial charge in [-0.3, -0.25) is 4.79 Å². The molecular formula is C22H40N4O4. The Kier molecular flexibility index (Phi) is 10.5. The molecule has 1 saturated carbocycles. The third-order valence-corrected chi connectivity index (χ3v) is 5.41. The molecular weight excluding hydrogens is 384 g/mol. The van der Waals surface area contributed by atoms with Gasteiger partial charge in [0.15, 0.2) is 0 Å². The number of carbonyl (C=O) groups is 1. The van der Waals surface area contributed by atoms with Crippen molar-refractivity contribution in [3.05, 3.63) is 11.8 Å². The molecule has 172 valence electrons. The number of amides is 1. The Balaban J connectivity index is 0.00000225. The quantitative estimate of drug-likeness (QED) is 0.766. The molecule has 1 amide bonds. The van der Waals surface area contributed by atoms with E-state index in [1.54, 1.807) is 6.20 Å². The number of ether oxygens (including phenoxy) is 2. The summed E-state index contributed by atoms with van der Waals surface area (Å²) in [6, 6.07) is 0.0489. The third kappa shape index (κ3) is 6.80. The van der Waals surface area contributed by atoms with Crippen molar-refractivity contribution in [2.24, 2.45) is 0 Å². The van der Waals surface area contributed by atoms with Crippen LogP contribution < -0.4 is 15.0 Å². The van der Waals surface area contributed by atoms with Crippen molar-refractivity contribution in [3.63, 3.8) is 0 Å². The van der Waals surface area contributed by atoms with Gasteiger partial charge < -0.3 is 24.8 Å². The van der Waals surface area contributed by atoms with E-state index < -0.39 is 0 Å². The predicted molar refractivity (Wildman–Crippen MR) is 119 cm³/mol. The monoisotopic (exact) mass is 424 g/mol. The number of anilines is 1. The Morgan fingerprint density at radius 1 is 1.17 bits per heavy atom. The van der Waals surface area contributed by atoms with Crippen LogP contribution in [0.5, 0.6) is 5.88 Å². The van der Waals surface area contributed by atoms with Crippen LogP contribution in [0.2, 0.25) is 0 Å². The van der Waals surface area contributed by atoms with Gasteiger partial charge >= 0.3 is 0 Å². The summed E-state index contributed by atoms with van der Waals surface area (Å²) in [7, 11) is 1.51. The van der Waals surface area contributed by atoms with Crippen molar-refractivity contribution in [2.45, 2.75) is 91.6 Å². The Labute approximate surface area is 181 Å². The molecule has 30 heavy (non-hydrogen) atoms. The lowest BCUT2D eigenvalue weighted by molar-refractivity contribution is -0.00576. The number of aliphatic hydroxyl groups excluding tert-OH is 1. The standard InChI is InChI=1S/C20H32N4O4.2CH4/c1-13-11-24(12-14(2)28-13)20-21-10-17(19(23-20)27-3)18(26)22-15-6-4-5-7-16(25)9-8-15;;/h10,13-16,25H,4-9,11-12H2,1-3H3,(H,22,26);2*1H4/t13-,14+,15-,16+;;/m1../s1. The number of methoxy groups -OCH3 is 1. The van der Waals surface area contributed by atoms with Crippen LogP contribution in [0.3, 0.4) is 0 Å². The molecule has 1 aromatic heterocycles. The van der Waals surface area contributed by atoms with Crippen molar-refractivity contribution < 1.29 is 19.4 Å². The second-order valence-electron chi connectivity index (χ2n) is 7.94. The number of carbonyl (C=O) groups excluding carboxylic acids is 1. The molecule has 1 aromatic rings. The fourth-order valence-corrected chi connectivity index (χ4v) is 4.02. The molecule has 2 heterocycles. The van der Waals surface area contributed by atoms with E-state index in [0.29, 0.717) is 31.0 Å². The van der Waals surface area contributed by atoms with Crippen LogP contribution in [0, 0.1) is 0 Å². The largest absolute Gasteiger partial charge is 0.480 e. The SMILES string of the molecule is C.C.COc1nc(N2C[C@@H](C)O[C@@H](C)C2)ncc1C(=O)N[C@@H]1CCCC[C@H](O)CC1. The first kappa shape index (κ1) is 26.1. The Bertz CT molecular complexity index is 663. The lowest BCUT2D eigenvalue weighted by Gasteiger charge is -2.35. The molecule has 2 N–H and O–H groups in total. The van der Waals surface area contributed by atoms with Gasteiger partial charge in [0.1, 0.15) is 5.56 Å². The minimum atomic E-state index is -0.268. The molecule has 0 bridgehead atoms. The van der Waals surface area contributed by atoms with Gasteiger partial charge in [0.05, 0.1) is 25.4 Å². The van der Waals surface area contributed by atoms with Gasteiger partial charge in [-0.25, -0.2) is 4.98 Å². The number of hydrogen-bond donors (Lipinski definition) is 2. The molecule has 0 aromatic carbocycles. The second kappa shape index (κ2) is 12.1. The summed E-state index contributed by atoms with van der Waals surface area (Å²) < 4.78 is 11.1. The molecule has 0 unspecified atom stereocenters. The summed E-state index contributed by atoms with van der Waals surface area (Å²) in [5, 5.41) is 13.0. The van der Waals surface area contributed by atoms with Crippen LogP contribution >= 0.6 is 0 Å². The van der Waals surface area contributed by atoms with Crippen molar-refractivity contribution in [1.82, 2.24) is 15.3 Å². The highest BCUT2D eigenvalue weighted by molar-refractivity contribution is 5.96. The van der Waals surface area contributed by atoms with E-state index in [4.69, 9.17) is 9.47 Å². The van der Waals surface area contributed by atoms with E-state index >= 15 is 0 Å². The highest BCUT2D eigenvalue weighted by Gasteiger charge is 2.26. The van der Waals surface area contributed by atoms with Crippen molar-refractivity contribution in [1.29, 1.82) is 0 Å². The van der Waals surface area contributed by atoms with E-state index in [1.807, 2.05) is 13.8 Å². The highest BCUT2D eigenvalue weighted by Crippen LogP contribution is 2.23. The van der Waals surface area contributed by atoms with Crippen LogP contribution in [0.4, 0.5) is 5.95 Å². The first-order valence-electron chi connectivity index (χ1n) is 10.3.